The number of rotatable bonds is 8. The van der Waals surface area contributed by atoms with Gasteiger partial charge in [0.2, 0.25) is 0 Å². The first-order valence-corrected chi connectivity index (χ1v) is 9.53. The zero-order chi connectivity index (χ0) is 22.3. The van der Waals surface area contributed by atoms with Gasteiger partial charge in [0.1, 0.15) is 11.5 Å². The molecular formula is C23H21F3N2O3. The molecule has 1 aromatic heterocycles. The molecule has 1 heterocycles. The number of carbonyl (C=O) groups is 1. The van der Waals surface area contributed by atoms with E-state index in [0.717, 1.165) is 11.1 Å². The molecule has 0 aliphatic rings. The molecule has 0 bridgehead atoms. The molecule has 0 spiro atoms. The third kappa shape index (κ3) is 7.02. The van der Waals surface area contributed by atoms with E-state index in [2.05, 4.69) is 15.0 Å². The molecule has 5 nitrogen and oxygen atoms in total. The second kappa shape index (κ2) is 9.97. The summed E-state index contributed by atoms with van der Waals surface area (Å²) in [6, 6.07) is 19.7. The van der Waals surface area contributed by atoms with Gasteiger partial charge in [0.05, 0.1) is 17.9 Å². The molecule has 1 atom stereocenters. The van der Waals surface area contributed by atoms with Gasteiger partial charge in [0.25, 0.3) is 5.91 Å². The molecule has 3 aromatic rings. The quantitative estimate of drug-likeness (QED) is 0.550. The number of amides is 1. The Morgan fingerprint density at radius 1 is 0.935 bits per heavy atom. The largest absolute Gasteiger partial charge is 0.484 e. The molecule has 0 aliphatic heterocycles. The number of aromatic nitrogens is 1. The first kappa shape index (κ1) is 22.1. The van der Waals surface area contributed by atoms with E-state index in [-0.39, 0.29) is 18.3 Å². The van der Waals surface area contributed by atoms with Gasteiger partial charge in [0.15, 0.2) is 13.2 Å². The van der Waals surface area contributed by atoms with E-state index in [0.29, 0.717) is 11.4 Å². The number of ether oxygens (including phenoxy) is 2. The van der Waals surface area contributed by atoms with E-state index < -0.39 is 18.8 Å². The Kier molecular flexibility index (Phi) is 7.12. The lowest BCUT2D eigenvalue weighted by atomic mass is 10.1. The molecule has 0 aliphatic carbocycles. The summed E-state index contributed by atoms with van der Waals surface area (Å²) >= 11 is 0. The number of carbonyl (C=O) groups excluding carboxylic acids is 1. The summed E-state index contributed by atoms with van der Waals surface area (Å²) in [5.41, 5.74) is 2.61. The molecule has 8 heteroatoms. The van der Waals surface area contributed by atoms with Crippen molar-refractivity contribution < 1.29 is 27.4 Å². The second-order valence-corrected chi connectivity index (χ2v) is 6.79. The minimum Gasteiger partial charge on any atom is -0.484 e. The van der Waals surface area contributed by atoms with Gasteiger partial charge in [-0.2, -0.15) is 13.2 Å². The Hall–Kier alpha value is -3.55. The van der Waals surface area contributed by atoms with Crippen LogP contribution in [0.3, 0.4) is 0 Å². The number of hydrogen-bond acceptors (Lipinski definition) is 4. The minimum atomic E-state index is -4.41. The monoisotopic (exact) mass is 430 g/mol. The number of nitrogens with zero attached hydrogens (tertiary/aromatic N) is 1. The van der Waals surface area contributed by atoms with Crippen LogP contribution < -0.4 is 14.8 Å². The highest BCUT2D eigenvalue weighted by atomic mass is 19.4. The predicted octanol–water partition coefficient (Wildman–Crippen LogP) is 4.95. The number of nitrogens with one attached hydrogen (secondary N) is 1. The highest BCUT2D eigenvalue weighted by Crippen LogP contribution is 2.22. The van der Waals surface area contributed by atoms with Crippen molar-refractivity contribution in [1.82, 2.24) is 10.3 Å². The predicted molar refractivity (Wildman–Crippen MR) is 110 cm³/mol. The van der Waals surface area contributed by atoms with Crippen molar-refractivity contribution in [3.05, 3.63) is 78.6 Å². The molecule has 162 valence electrons. The maximum absolute atomic E-state index is 12.2. The van der Waals surface area contributed by atoms with Crippen LogP contribution in [0.15, 0.2) is 72.9 Å². The zero-order valence-electron chi connectivity index (χ0n) is 16.7. The first-order valence-electron chi connectivity index (χ1n) is 9.53. The number of halogens is 3. The van der Waals surface area contributed by atoms with Gasteiger partial charge in [-0.15, -0.1) is 0 Å². The van der Waals surface area contributed by atoms with E-state index in [9.17, 15) is 18.0 Å². The second-order valence-electron chi connectivity index (χ2n) is 6.79. The fraction of sp³-hybridized carbons (Fsp3) is 0.217. The van der Waals surface area contributed by atoms with Gasteiger partial charge < -0.3 is 14.8 Å². The first-order chi connectivity index (χ1) is 14.8. The van der Waals surface area contributed by atoms with Gasteiger partial charge in [-0.1, -0.05) is 42.5 Å². The topological polar surface area (TPSA) is 60.5 Å². The van der Waals surface area contributed by atoms with Gasteiger partial charge in [0, 0.05) is 0 Å². The zero-order valence-corrected chi connectivity index (χ0v) is 16.7. The molecule has 1 N–H and O–H groups in total. The molecule has 0 fully saturated rings. The summed E-state index contributed by atoms with van der Waals surface area (Å²) in [5.74, 6) is 0.215. The number of benzene rings is 2. The number of hydrogen-bond donors (Lipinski definition) is 1. The van der Waals surface area contributed by atoms with Crippen molar-refractivity contribution >= 4 is 5.91 Å². The van der Waals surface area contributed by atoms with E-state index in [1.165, 1.54) is 18.3 Å². The maximum Gasteiger partial charge on any atom is 0.422 e. The van der Waals surface area contributed by atoms with Crippen molar-refractivity contribution in [3.8, 4) is 22.6 Å². The summed E-state index contributed by atoms with van der Waals surface area (Å²) in [6.07, 6.45) is -3.23. The van der Waals surface area contributed by atoms with Crippen molar-refractivity contribution in [2.24, 2.45) is 0 Å². The van der Waals surface area contributed by atoms with E-state index in [1.54, 1.807) is 19.1 Å². The Morgan fingerprint density at radius 2 is 1.58 bits per heavy atom. The van der Waals surface area contributed by atoms with Crippen LogP contribution >= 0.6 is 0 Å². The summed E-state index contributed by atoms with van der Waals surface area (Å²) in [6.45, 7) is 0.150. The lowest BCUT2D eigenvalue weighted by Crippen LogP contribution is -2.31. The van der Waals surface area contributed by atoms with Crippen LogP contribution in [0.5, 0.6) is 11.5 Å². The normalized spacial score (nSPS) is 12.1. The standard InChI is InChI=1S/C23H21F3N2O3/c1-16(21-12-11-20(13-27-21)31-15-23(24,25)26)28-22(29)14-30-19-9-7-18(8-10-19)17-5-3-2-4-6-17/h2-13,16H,14-15H2,1H3,(H,28,29). The summed E-state index contributed by atoms with van der Waals surface area (Å²) in [4.78, 5) is 16.2. The molecule has 0 saturated carbocycles. The molecule has 0 saturated heterocycles. The van der Waals surface area contributed by atoms with Crippen molar-refractivity contribution in [3.63, 3.8) is 0 Å². The van der Waals surface area contributed by atoms with Crippen LogP contribution in [0.2, 0.25) is 0 Å². The molecule has 31 heavy (non-hydrogen) atoms. The Bertz CT molecular complexity index is 976. The van der Waals surface area contributed by atoms with Crippen LogP contribution in [0.1, 0.15) is 18.7 Å². The average molecular weight is 430 g/mol. The minimum absolute atomic E-state index is 0.00174. The van der Waals surface area contributed by atoms with Crippen LogP contribution in [0, 0.1) is 0 Å². The molecule has 0 radical (unpaired) electrons. The van der Waals surface area contributed by atoms with Crippen molar-refractivity contribution in [1.29, 1.82) is 0 Å². The number of pyridine rings is 1. The van der Waals surface area contributed by atoms with Gasteiger partial charge in [-0.3, -0.25) is 9.78 Å². The van der Waals surface area contributed by atoms with Crippen LogP contribution in [0.4, 0.5) is 13.2 Å². The Labute approximate surface area is 177 Å². The Balaban J connectivity index is 1.47. The lowest BCUT2D eigenvalue weighted by molar-refractivity contribution is -0.153. The number of alkyl halides is 3. The van der Waals surface area contributed by atoms with Crippen LogP contribution in [-0.2, 0) is 4.79 Å². The average Bonchev–Trinajstić information content (AvgIpc) is 2.77. The van der Waals surface area contributed by atoms with Crippen LogP contribution in [-0.4, -0.2) is 30.3 Å². The lowest BCUT2D eigenvalue weighted by Gasteiger charge is -2.15. The smallest absolute Gasteiger partial charge is 0.422 e. The fourth-order valence-corrected chi connectivity index (χ4v) is 2.78. The van der Waals surface area contributed by atoms with E-state index in [4.69, 9.17) is 4.74 Å². The third-order valence-corrected chi connectivity index (χ3v) is 4.31. The fourth-order valence-electron chi connectivity index (χ4n) is 2.78. The van der Waals surface area contributed by atoms with Gasteiger partial charge in [-0.25, -0.2) is 0 Å². The summed E-state index contributed by atoms with van der Waals surface area (Å²) in [7, 11) is 0. The molecular weight excluding hydrogens is 409 g/mol. The van der Waals surface area contributed by atoms with E-state index in [1.807, 2.05) is 42.5 Å². The molecule has 1 amide bonds. The summed E-state index contributed by atoms with van der Waals surface area (Å²) in [5, 5.41) is 2.73. The third-order valence-electron chi connectivity index (χ3n) is 4.31. The molecule has 3 rings (SSSR count). The Morgan fingerprint density at radius 3 is 2.19 bits per heavy atom. The van der Waals surface area contributed by atoms with Crippen molar-refractivity contribution in [2.45, 2.75) is 19.1 Å². The summed E-state index contributed by atoms with van der Waals surface area (Å²) < 4.78 is 46.7. The maximum atomic E-state index is 12.2. The van der Waals surface area contributed by atoms with E-state index >= 15 is 0 Å². The molecule has 2 aromatic carbocycles. The van der Waals surface area contributed by atoms with Crippen molar-refractivity contribution in [2.75, 3.05) is 13.2 Å². The van der Waals surface area contributed by atoms with Crippen LogP contribution in [0.25, 0.3) is 11.1 Å². The van der Waals surface area contributed by atoms with Gasteiger partial charge >= 0.3 is 6.18 Å². The van der Waals surface area contributed by atoms with Gasteiger partial charge in [-0.05, 0) is 42.3 Å². The SMILES string of the molecule is CC(NC(=O)COc1ccc(-c2ccccc2)cc1)c1ccc(OCC(F)(F)F)cn1. The highest BCUT2D eigenvalue weighted by Gasteiger charge is 2.28. The highest BCUT2D eigenvalue weighted by molar-refractivity contribution is 5.78. The molecule has 1 unspecified atom stereocenters.